The molecule has 2 aromatic heterocycles. The number of carbonyl (C=O) groups excluding carboxylic acids is 1. The number of amides is 2. The lowest BCUT2D eigenvalue weighted by Gasteiger charge is -2.22. The summed E-state index contributed by atoms with van der Waals surface area (Å²) in [5.74, 6) is 3.02. The Bertz CT molecular complexity index is 690. The van der Waals surface area contributed by atoms with Gasteiger partial charge in [-0.3, -0.25) is 5.32 Å². The SMILES string of the molecule is CCc1nc2n(n1)CCC[C@@H]2NC(=O)Nc1cc(C(C)C)on1. The Labute approximate surface area is 134 Å². The summed E-state index contributed by atoms with van der Waals surface area (Å²) in [6, 6.07) is 1.30. The molecule has 0 unspecified atom stereocenters. The predicted molar refractivity (Wildman–Crippen MR) is 84.1 cm³/mol. The third-order valence-electron chi connectivity index (χ3n) is 3.88. The fraction of sp³-hybridized carbons (Fsp3) is 0.600. The Morgan fingerprint density at radius 3 is 3.04 bits per heavy atom. The molecular weight excluding hydrogens is 296 g/mol. The number of aromatic nitrogens is 4. The Hall–Kier alpha value is -2.38. The molecule has 2 amide bonds. The normalized spacial score (nSPS) is 17.1. The molecule has 8 nitrogen and oxygen atoms in total. The van der Waals surface area contributed by atoms with E-state index in [0.29, 0.717) is 5.82 Å². The third-order valence-corrected chi connectivity index (χ3v) is 3.88. The maximum absolute atomic E-state index is 12.2. The van der Waals surface area contributed by atoms with E-state index < -0.39 is 0 Å². The smallest absolute Gasteiger partial charge is 0.321 e. The maximum Gasteiger partial charge on any atom is 0.321 e. The van der Waals surface area contributed by atoms with Gasteiger partial charge in [-0.15, -0.1) is 0 Å². The second-order valence-electron chi connectivity index (χ2n) is 6.03. The van der Waals surface area contributed by atoms with E-state index in [2.05, 4.69) is 25.9 Å². The molecule has 0 aromatic carbocycles. The van der Waals surface area contributed by atoms with Crippen molar-refractivity contribution in [1.29, 1.82) is 0 Å². The van der Waals surface area contributed by atoms with Crippen LogP contribution in [0.1, 0.15) is 63.0 Å². The summed E-state index contributed by atoms with van der Waals surface area (Å²) in [7, 11) is 0. The number of fused-ring (bicyclic) bond motifs is 1. The predicted octanol–water partition coefficient (Wildman–Crippen LogP) is 2.61. The van der Waals surface area contributed by atoms with Crippen molar-refractivity contribution in [2.75, 3.05) is 5.32 Å². The molecule has 3 heterocycles. The van der Waals surface area contributed by atoms with Crippen LogP contribution in [-0.2, 0) is 13.0 Å². The number of hydrogen-bond donors (Lipinski definition) is 2. The number of urea groups is 1. The summed E-state index contributed by atoms with van der Waals surface area (Å²) in [6.07, 6.45) is 2.60. The van der Waals surface area contributed by atoms with Crippen LogP contribution in [-0.4, -0.2) is 26.0 Å². The van der Waals surface area contributed by atoms with E-state index in [-0.39, 0.29) is 18.0 Å². The molecule has 0 radical (unpaired) electrons. The Kier molecular flexibility index (Phi) is 4.31. The third kappa shape index (κ3) is 3.35. The minimum atomic E-state index is -0.312. The van der Waals surface area contributed by atoms with E-state index in [1.54, 1.807) is 6.07 Å². The number of carbonyl (C=O) groups is 1. The number of hydrogen-bond acceptors (Lipinski definition) is 5. The van der Waals surface area contributed by atoms with Crippen LogP contribution >= 0.6 is 0 Å². The summed E-state index contributed by atoms with van der Waals surface area (Å²) < 4.78 is 7.06. The van der Waals surface area contributed by atoms with Gasteiger partial charge in [0, 0.05) is 24.9 Å². The molecular formula is C15H22N6O2. The van der Waals surface area contributed by atoms with Crippen molar-refractivity contribution < 1.29 is 9.32 Å². The van der Waals surface area contributed by atoms with Crippen molar-refractivity contribution in [2.24, 2.45) is 0 Å². The van der Waals surface area contributed by atoms with Crippen molar-refractivity contribution in [1.82, 2.24) is 25.2 Å². The highest BCUT2D eigenvalue weighted by Gasteiger charge is 2.25. The Balaban J connectivity index is 1.65. The summed E-state index contributed by atoms with van der Waals surface area (Å²) in [6.45, 7) is 6.88. The standard InChI is InChI=1S/C15H22N6O2/c1-4-12-17-14-10(6-5-7-21(14)19-12)16-15(22)18-13-8-11(9(2)3)23-20-13/h8-10H,4-7H2,1-3H3,(H2,16,18,20,22)/t10-/m0/s1. The molecule has 0 saturated heterocycles. The van der Waals surface area contributed by atoms with Crippen molar-refractivity contribution in [3.63, 3.8) is 0 Å². The van der Waals surface area contributed by atoms with E-state index in [0.717, 1.165) is 43.2 Å². The lowest BCUT2D eigenvalue weighted by Crippen LogP contribution is -2.36. The first-order chi connectivity index (χ1) is 11.1. The quantitative estimate of drug-likeness (QED) is 0.903. The van der Waals surface area contributed by atoms with Gasteiger partial charge in [0.2, 0.25) is 0 Å². The van der Waals surface area contributed by atoms with Gasteiger partial charge < -0.3 is 9.84 Å². The number of nitrogens with zero attached hydrogens (tertiary/aromatic N) is 4. The molecule has 3 rings (SSSR count). The molecule has 1 atom stereocenters. The largest absolute Gasteiger partial charge is 0.359 e. The highest BCUT2D eigenvalue weighted by Crippen LogP contribution is 2.23. The number of rotatable bonds is 4. The van der Waals surface area contributed by atoms with E-state index in [4.69, 9.17) is 4.52 Å². The molecule has 0 fully saturated rings. The van der Waals surface area contributed by atoms with E-state index >= 15 is 0 Å². The Morgan fingerprint density at radius 2 is 2.35 bits per heavy atom. The van der Waals surface area contributed by atoms with Crippen molar-refractivity contribution >= 4 is 11.8 Å². The van der Waals surface area contributed by atoms with Crippen LogP contribution in [0, 0.1) is 0 Å². The molecule has 23 heavy (non-hydrogen) atoms. The van der Waals surface area contributed by atoms with E-state index in [9.17, 15) is 4.79 Å². The number of aryl methyl sites for hydroxylation is 2. The van der Waals surface area contributed by atoms with Crippen LogP contribution in [0.4, 0.5) is 10.6 Å². The monoisotopic (exact) mass is 318 g/mol. The molecule has 0 bridgehead atoms. The molecule has 2 aromatic rings. The maximum atomic E-state index is 12.2. The molecule has 0 spiro atoms. The minimum Gasteiger partial charge on any atom is -0.359 e. The molecule has 1 aliphatic rings. The van der Waals surface area contributed by atoms with Crippen molar-refractivity contribution in [3.05, 3.63) is 23.5 Å². The fourth-order valence-electron chi connectivity index (χ4n) is 2.62. The first kappa shape index (κ1) is 15.5. The van der Waals surface area contributed by atoms with E-state index in [1.165, 1.54) is 0 Å². The van der Waals surface area contributed by atoms with Gasteiger partial charge >= 0.3 is 6.03 Å². The first-order valence-electron chi connectivity index (χ1n) is 8.04. The lowest BCUT2D eigenvalue weighted by molar-refractivity contribution is 0.244. The topological polar surface area (TPSA) is 97.9 Å². The number of nitrogens with one attached hydrogen (secondary N) is 2. The molecule has 2 N–H and O–H groups in total. The van der Waals surface area contributed by atoms with Crippen LogP contribution in [0.15, 0.2) is 10.6 Å². The van der Waals surface area contributed by atoms with Gasteiger partial charge in [-0.05, 0) is 12.8 Å². The molecule has 124 valence electrons. The number of anilines is 1. The Morgan fingerprint density at radius 1 is 1.52 bits per heavy atom. The van der Waals surface area contributed by atoms with Gasteiger partial charge in [0.05, 0.1) is 6.04 Å². The summed E-state index contributed by atoms with van der Waals surface area (Å²) in [5, 5.41) is 13.9. The molecule has 0 aliphatic carbocycles. The summed E-state index contributed by atoms with van der Waals surface area (Å²) >= 11 is 0. The first-order valence-corrected chi connectivity index (χ1v) is 8.04. The zero-order chi connectivity index (χ0) is 16.4. The molecule has 1 aliphatic heterocycles. The lowest BCUT2D eigenvalue weighted by atomic mass is 10.1. The summed E-state index contributed by atoms with van der Waals surface area (Å²) in [4.78, 5) is 16.7. The average molecular weight is 318 g/mol. The van der Waals surface area contributed by atoms with Gasteiger partial charge in [-0.1, -0.05) is 25.9 Å². The second kappa shape index (κ2) is 6.39. The highest BCUT2D eigenvalue weighted by atomic mass is 16.5. The van der Waals surface area contributed by atoms with E-state index in [1.807, 2.05) is 25.5 Å². The minimum absolute atomic E-state index is 0.131. The van der Waals surface area contributed by atoms with Crippen LogP contribution in [0.25, 0.3) is 0 Å². The average Bonchev–Trinajstić information content (AvgIpc) is 3.13. The second-order valence-corrected chi connectivity index (χ2v) is 6.03. The molecule has 8 heteroatoms. The van der Waals surface area contributed by atoms with Crippen molar-refractivity contribution in [2.45, 2.75) is 58.5 Å². The van der Waals surface area contributed by atoms with Gasteiger partial charge in [-0.25, -0.2) is 14.5 Å². The zero-order valence-corrected chi connectivity index (χ0v) is 13.7. The fourth-order valence-corrected chi connectivity index (χ4v) is 2.62. The highest BCUT2D eigenvalue weighted by molar-refractivity contribution is 5.88. The zero-order valence-electron chi connectivity index (χ0n) is 13.7. The van der Waals surface area contributed by atoms with Crippen LogP contribution in [0.2, 0.25) is 0 Å². The van der Waals surface area contributed by atoms with Crippen LogP contribution in [0.5, 0.6) is 0 Å². The van der Waals surface area contributed by atoms with Gasteiger partial charge in [0.1, 0.15) is 11.6 Å². The van der Waals surface area contributed by atoms with Crippen LogP contribution < -0.4 is 10.6 Å². The van der Waals surface area contributed by atoms with Crippen LogP contribution in [0.3, 0.4) is 0 Å². The van der Waals surface area contributed by atoms with Gasteiger partial charge in [-0.2, -0.15) is 5.10 Å². The van der Waals surface area contributed by atoms with Gasteiger partial charge in [0.25, 0.3) is 0 Å². The van der Waals surface area contributed by atoms with Gasteiger partial charge in [0.15, 0.2) is 11.6 Å². The molecule has 0 saturated carbocycles. The van der Waals surface area contributed by atoms with Crippen molar-refractivity contribution in [3.8, 4) is 0 Å². The summed E-state index contributed by atoms with van der Waals surface area (Å²) in [5.41, 5.74) is 0.